The molecule has 76 valence electrons. The van der Waals surface area contributed by atoms with E-state index in [-0.39, 0.29) is 0 Å². The maximum Gasteiger partial charge on any atom is 0.212 e. The molecule has 1 aliphatic heterocycles. The van der Waals surface area contributed by atoms with Crippen molar-refractivity contribution in [2.75, 3.05) is 31.1 Å². The lowest BCUT2D eigenvalue weighted by Gasteiger charge is -2.21. The molecule has 2 heterocycles. The first-order valence-electron chi connectivity index (χ1n) is 4.93. The summed E-state index contributed by atoms with van der Waals surface area (Å²) >= 11 is 0. The highest BCUT2D eigenvalue weighted by atomic mass is 19.1. The third-order valence-electron chi connectivity index (χ3n) is 2.42. The molecule has 0 unspecified atom stereocenters. The van der Waals surface area contributed by atoms with Crippen molar-refractivity contribution >= 4 is 5.69 Å². The monoisotopic (exact) mass is 195 g/mol. The summed E-state index contributed by atoms with van der Waals surface area (Å²) in [5.74, 6) is -0.415. The average Bonchev–Trinajstić information content (AvgIpc) is 2.47. The van der Waals surface area contributed by atoms with Gasteiger partial charge < -0.3 is 10.2 Å². The van der Waals surface area contributed by atoms with E-state index in [0.717, 1.165) is 38.3 Å². The minimum Gasteiger partial charge on any atom is -0.369 e. The first kappa shape index (κ1) is 9.40. The highest BCUT2D eigenvalue weighted by molar-refractivity contribution is 5.43. The molecule has 4 heteroatoms. The second kappa shape index (κ2) is 4.37. The van der Waals surface area contributed by atoms with Gasteiger partial charge in [0.15, 0.2) is 0 Å². The van der Waals surface area contributed by atoms with E-state index < -0.39 is 5.95 Å². The molecule has 0 aromatic carbocycles. The van der Waals surface area contributed by atoms with E-state index in [2.05, 4.69) is 15.2 Å². The van der Waals surface area contributed by atoms with Gasteiger partial charge in [0, 0.05) is 19.6 Å². The second-order valence-corrected chi connectivity index (χ2v) is 3.43. The molecule has 3 nitrogen and oxygen atoms in total. The Hall–Kier alpha value is -1.16. The van der Waals surface area contributed by atoms with Crippen molar-refractivity contribution in [3.8, 4) is 0 Å². The van der Waals surface area contributed by atoms with Gasteiger partial charge in [-0.25, -0.2) is 4.98 Å². The van der Waals surface area contributed by atoms with Gasteiger partial charge in [0.25, 0.3) is 0 Å². The topological polar surface area (TPSA) is 28.2 Å². The molecule has 1 N–H and O–H groups in total. The Morgan fingerprint density at radius 1 is 1.29 bits per heavy atom. The van der Waals surface area contributed by atoms with Gasteiger partial charge in [-0.3, -0.25) is 0 Å². The molecule has 0 aliphatic carbocycles. The van der Waals surface area contributed by atoms with Crippen molar-refractivity contribution in [1.82, 2.24) is 10.3 Å². The van der Waals surface area contributed by atoms with Crippen LogP contribution in [0, 0.1) is 5.95 Å². The van der Waals surface area contributed by atoms with E-state index in [9.17, 15) is 4.39 Å². The lowest BCUT2D eigenvalue weighted by Crippen LogP contribution is -2.27. The number of hydrogen-bond donors (Lipinski definition) is 1. The third kappa shape index (κ3) is 2.20. The molecular formula is C10H14FN3. The molecule has 0 spiro atoms. The SMILES string of the molecule is Fc1ccc(N2CCCNCC2)cn1. The van der Waals surface area contributed by atoms with E-state index >= 15 is 0 Å². The van der Waals surface area contributed by atoms with Crippen LogP contribution >= 0.6 is 0 Å². The van der Waals surface area contributed by atoms with Gasteiger partial charge in [0.2, 0.25) is 5.95 Å². The zero-order valence-electron chi connectivity index (χ0n) is 8.04. The Bertz CT molecular complexity index is 278. The lowest BCUT2D eigenvalue weighted by atomic mass is 10.3. The smallest absolute Gasteiger partial charge is 0.212 e. The summed E-state index contributed by atoms with van der Waals surface area (Å²) in [7, 11) is 0. The van der Waals surface area contributed by atoms with Crippen molar-refractivity contribution in [2.24, 2.45) is 0 Å². The van der Waals surface area contributed by atoms with Crippen LogP contribution in [0.3, 0.4) is 0 Å². The first-order chi connectivity index (χ1) is 6.86. The van der Waals surface area contributed by atoms with Crippen LogP contribution in [-0.2, 0) is 0 Å². The number of halogens is 1. The van der Waals surface area contributed by atoms with Gasteiger partial charge in [0.1, 0.15) is 0 Å². The number of nitrogens with one attached hydrogen (secondary N) is 1. The molecule has 1 fully saturated rings. The number of aromatic nitrogens is 1. The molecule has 1 saturated heterocycles. The standard InChI is InChI=1S/C10H14FN3/c11-10-3-2-9(8-13-10)14-6-1-4-12-5-7-14/h2-3,8,12H,1,4-7H2. The van der Waals surface area contributed by atoms with Crippen molar-refractivity contribution in [3.63, 3.8) is 0 Å². The van der Waals surface area contributed by atoms with Gasteiger partial charge >= 0.3 is 0 Å². The number of hydrogen-bond acceptors (Lipinski definition) is 3. The van der Waals surface area contributed by atoms with Crippen LogP contribution in [-0.4, -0.2) is 31.2 Å². The Labute approximate surface area is 82.9 Å². The van der Waals surface area contributed by atoms with Crippen LogP contribution in [0.25, 0.3) is 0 Å². The fraction of sp³-hybridized carbons (Fsp3) is 0.500. The number of pyridine rings is 1. The molecule has 0 amide bonds. The van der Waals surface area contributed by atoms with Gasteiger partial charge in [-0.2, -0.15) is 4.39 Å². The minimum absolute atomic E-state index is 0.415. The lowest BCUT2D eigenvalue weighted by molar-refractivity contribution is 0.583. The van der Waals surface area contributed by atoms with Gasteiger partial charge in [-0.1, -0.05) is 0 Å². The van der Waals surface area contributed by atoms with E-state index in [1.54, 1.807) is 12.3 Å². The third-order valence-corrected chi connectivity index (χ3v) is 2.42. The molecule has 1 aromatic rings. The van der Waals surface area contributed by atoms with Crippen molar-refractivity contribution < 1.29 is 4.39 Å². The maximum absolute atomic E-state index is 12.6. The van der Waals surface area contributed by atoms with Gasteiger partial charge in [0.05, 0.1) is 11.9 Å². The highest BCUT2D eigenvalue weighted by Crippen LogP contribution is 2.13. The molecule has 0 saturated carbocycles. The number of rotatable bonds is 1. The van der Waals surface area contributed by atoms with Crippen LogP contribution in [0.2, 0.25) is 0 Å². The van der Waals surface area contributed by atoms with Gasteiger partial charge in [-0.05, 0) is 25.1 Å². The van der Waals surface area contributed by atoms with E-state index in [1.165, 1.54) is 6.07 Å². The summed E-state index contributed by atoms with van der Waals surface area (Å²) in [6, 6.07) is 3.20. The number of anilines is 1. The average molecular weight is 195 g/mol. The molecule has 2 rings (SSSR count). The Balaban J connectivity index is 2.08. The Morgan fingerprint density at radius 3 is 3.00 bits per heavy atom. The minimum atomic E-state index is -0.415. The summed E-state index contributed by atoms with van der Waals surface area (Å²) in [4.78, 5) is 5.88. The van der Waals surface area contributed by atoms with E-state index in [0.29, 0.717) is 0 Å². The van der Waals surface area contributed by atoms with E-state index in [4.69, 9.17) is 0 Å². The summed E-state index contributed by atoms with van der Waals surface area (Å²) in [5.41, 5.74) is 1.01. The van der Waals surface area contributed by atoms with Crippen LogP contribution in [0.15, 0.2) is 18.3 Å². The van der Waals surface area contributed by atoms with Crippen LogP contribution in [0.4, 0.5) is 10.1 Å². The normalized spacial score (nSPS) is 17.9. The molecule has 14 heavy (non-hydrogen) atoms. The molecule has 0 atom stereocenters. The first-order valence-corrected chi connectivity index (χ1v) is 4.93. The van der Waals surface area contributed by atoms with Gasteiger partial charge in [-0.15, -0.1) is 0 Å². The zero-order chi connectivity index (χ0) is 9.80. The second-order valence-electron chi connectivity index (χ2n) is 3.43. The zero-order valence-corrected chi connectivity index (χ0v) is 8.04. The molecule has 1 aliphatic rings. The summed E-state index contributed by atoms with van der Waals surface area (Å²) in [6.45, 7) is 4.02. The maximum atomic E-state index is 12.6. The van der Waals surface area contributed by atoms with Crippen molar-refractivity contribution in [3.05, 3.63) is 24.3 Å². The summed E-state index contributed by atoms with van der Waals surface area (Å²) < 4.78 is 12.6. The molecule has 1 aromatic heterocycles. The predicted molar refractivity (Wildman–Crippen MR) is 53.9 cm³/mol. The summed E-state index contributed by atoms with van der Waals surface area (Å²) in [5, 5.41) is 3.32. The molecular weight excluding hydrogens is 181 g/mol. The Kier molecular flexibility index (Phi) is 2.93. The summed E-state index contributed by atoms with van der Waals surface area (Å²) in [6.07, 6.45) is 2.72. The fourth-order valence-electron chi connectivity index (χ4n) is 1.66. The van der Waals surface area contributed by atoms with Crippen LogP contribution < -0.4 is 10.2 Å². The quantitative estimate of drug-likeness (QED) is 0.678. The van der Waals surface area contributed by atoms with Crippen LogP contribution in [0.5, 0.6) is 0 Å². The van der Waals surface area contributed by atoms with E-state index in [1.807, 2.05) is 0 Å². The predicted octanol–water partition coefficient (Wildman–Crippen LogP) is 1.02. The number of nitrogens with zero attached hydrogens (tertiary/aromatic N) is 2. The largest absolute Gasteiger partial charge is 0.369 e. The molecule has 0 radical (unpaired) electrons. The van der Waals surface area contributed by atoms with Crippen molar-refractivity contribution in [2.45, 2.75) is 6.42 Å². The Morgan fingerprint density at radius 2 is 2.21 bits per heavy atom. The van der Waals surface area contributed by atoms with Crippen molar-refractivity contribution in [1.29, 1.82) is 0 Å². The van der Waals surface area contributed by atoms with Crippen LogP contribution in [0.1, 0.15) is 6.42 Å². The fourth-order valence-corrected chi connectivity index (χ4v) is 1.66. The molecule has 0 bridgehead atoms. The highest BCUT2D eigenvalue weighted by Gasteiger charge is 2.09.